The van der Waals surface area contributed by atoms with Crippen LogP contribution in [0.4, 0.5) is 0 Å². The van der Waals surface area contributed by atoms with Crippen molar-refractivity contribution in [3.8, 4) is 0 Å². The first-order valence-electron chi connectivity index (χ1n) is 6.04. The number of aliphatic hydroxyl groups excluding tert-OH is 1. The Morgan fingerprint density at radius 3 is 2.69 bits per heavy atom. The Morgan fingerprint density at radius 2 is 2.12 bits per heavy atom. The molecule has 16 heavy (non-hydrogen) atoms. The highest BCUT2D eigenvalue weighted by molar-refractivity contribution is 5.73. The van der Waals surface area contributed by atoms with Gasteiger partial charge in [0.1, 0.15) is 0 Å². The molecule has 94 valence electrons. The van der Waals surface area contributed by atoms with Crippen molar-refractivity contribution in [3.05, 3.63) is 0 Å². The third kappa shape index (κ3) is 4.10. The molecule has 0 radical (unpaired) electrons. The molecule has 4 nitrogen and oxygen atoms in total. The van der Waals surface area contributed by atoms with E-state index in [2.05, 4.69) is 5.32 Å². The zero-order chi connectivity index (χ0) is 12.2. The molecule has 0 amide bonds. The van der Waals surface area contributed by atoms with Crippen molar-refractivity contribution in [1.29, 1.82) is 0 Å². The number of carboxylic acids is 1. The fourth-order valence-electron chi connectivity index (χ4n) is 2.11. The van der Waals surface area contributed by atoms with Crippen molar-refractivity contribution in [2.45, 2.75) is 45.6 Å². The van der Waals surface area contributed by atoms with Crippen LogP contribution < -0.4 is 5.32 Å². The number of hydrogen-bond acceptors (Lipinski definition) is 3. The number of aliphatic carboxylic acids is 1. The predicted octanol–water partition coefficient (Wildman–Crippen LogP) is 1.24. The maximum Gasteiger partial charge on any atom is 0.310 e. The minimum absolute atomic E-state index is 0.159. The van der Waals surface area contributed by atoms with Crippen molar-refractivity contribution in [2.75, 3.05) is 13.1 Å². The van der Waals surface area contributed by atoms with Crippen LogP contribution in [0.15, 0.2) is 0 Å². The summed E-state index contributed by atoms with van der Waals surface area (Å²) < 4.78 is 0. The van der Waals surface area contributed by atoms with Crippen LogP contribution in [0.5, 0.6) is 0 Å². The average Bonchev–Trinajstić information content (AvgIpc) is 2.17. The van der Waals surface area contributed by atoms with E-state index >= 15 is 0 Å². The van der Waals surface area contributed by atoms with Crippen LogP contribution in [0.3, 0.4) is 0 Å². The maximum absolute atomic E-state index is 10.9. The minimum atomic E-state index is -0.774. The molecule has 1 fully saturated rings. The SMILES string of the molecule is CC(C)(CNCC1CCCC(O)C1)C(=O)O. The number of aliphatic hydroxyl groups is 1. The molecule has 1 saturated carbocycles. The molecule has 0 spiro atoms. The van der Waals surface area contributed by atoms with Gasteiger partial charge in [0.05, 0.1) is 11.5 Å². The van der Waals surface area contributed by atoms with Gasteiger partial charge in [0.15, 0.2) is 0 Å². The smallest absolute Gasteiger partial charge is 0.310 e. The lowest BCUT2D eigenvalue weighted by molar-refractivity contribution is -0.146. The molecule has 0 aliphatic heterocycles. The van der Waals surface area contributed by atoms with E-state index in [0.717, 1.165) is 32.2 Å². The highest BCUT2D eigenvalue weighted by Crippen LogP contribution is 2.23. The summed E-state index contributed by atoms with van der Waals surface area (Å²) in [5.74, 6) is -0.281. The quantitative estimate of drug-likeness (QED) is 0.663. The summed E-state index contributed by atoms with van der Waals surface area (Å²) >= 11 is 0. The topological polar surface area (TPSA) is 69.6 Å². The summed E-state index contributed by atoms with van der Waals surface area (Å²) in [5.41, 5.74) is -0.715. The molecule has 1 rings (SSSR count). The number of hydrogen-bond donors (Lipinski definition) is 3. The highest BCUT2D eigenvalue weighted by atomic mass is 16.4. The van der Waals surface area contributed by atoms with Crippen molar-refractivity contribution in [2.24, 2.45) is 11.3 Å². The van der Waals surface area contributed by atoms with E-state index in [0.29, 0.717) is 12.5 Å². The summed E-state index contributed by atoms with van der Waals surface area (Å²) in [7, 11) is 0. The van der Waals surface area contributed by atoms with E-state index in [-0.39, 0.29) is 6.10 Å². The fraction of sp³-hybridized carbons (Fsp3) is 0.917. The Kier molecular flexibility index (Phi) is 4.74. The van der Waals surface area contributed by atoms with Gasteiger partial charge < -0.3 is 15.5 Å². The van der Waals surface area contributed by atoms with Gasteiger partial charge >= 0.3 is 5.97 Å². The van der Waals surface area contributed by atoms with Crippen LogP contribution in [0.25, 0.3) is 0 Å². The molecular formula is C12H23NO3. The Balaban J connectivity index is 2.22. The standard InChI is InChI=1S/C12H23NO3/c1-12(2,11(15)16)8-13-7-9-4-3-5-10(14)6-9/h9-10,13-14H,3-8H2,1-2H3,(H,15,16). The van der Waals surface area contributed by atoms with Gasteiger partial charge in [-0.1, -0.05) is 6.42 Å². The van der Waals surface area contributed by atoms with Crippen LogP contribution in [-0.4, -0.2) is 35.4 Å². The molecule has 0 heterocycles. The van der Waals surface area contributed by atoms with E-state index in [1.807, 2.05) is 0 Å². The van der Waals surface area contributed by atoms with Crippen LogP contribution in [0.2, 0.25) is 0 Å². The predicted molar refractivity (Wildman–Crippen MR) is 62.3 cm³/mol. The Labute approximate surface area is 97.0 Å². The van der Waals surface area contributed by atoms with E-state index in [4.69, 9.17) is 5.11 Å². The molecule has 0 aromatic rings. The normalized spacial score (nSPS) is 26.7. The summed E-state index contributed by atoms with van der Waals surface area (Å²) in [6.45, 7) is 4.73. The number of carboxylic acid groups (broad SMARTS) is 1. The van der Waals surface area contributed by atoms with Gasteiger partial charge in [-0.3, -0.25) is 4.79 Å². The Morgan fingerprint density at radius 1 is 1.44 bits per heavy atom. The van der Waals surface area contributed by atoms with Gasteiger partial charge in [-0.25, -0.2) is 0 Å². The largest absolute Gasteiger partial charge is 0.481 e. The van der Waals surface area contributed by atoms with Gasteiger partial charge in [-0.2, -0.15) is 0 Å². The summed E-state index contributed by atoms with van der Waals surface area (Å²) in [6, 6.07) is 0. The number of carbonyl (C=O) groups is 1. The Hall–Kier alpha value is -0.610. The zero-order valence-electron chi connectivity index (χ0n) is 10.2. The molecule has 1 aliphatic rings. The van der Waals surface area contributed by atoms with Crippen molar-refractivity contribution in [3.63, 3.8) is 0 Å². The van der Waals surface area contributed by atoms with E-state index < -0.39 is 11.4 Å². The van der Waals surface area contributed by atoms with E-state index in [9.17, 15) is 9.90 Å². The monoisotopic (exact) mass is 229 g/mol. The summed E-state index contributed by atoms with van der Waals surface area (Å²) in [6.07, 6.45) is 3.82. The van der Waals surface area contributed by atoms with Crippen molar-refractivity contribution < 1.29 is 15.0 Å². The molecule has 0 aromatic heterocycles. The first-order chi connectivity index (χ1) is 7.42. The minimum Gasteiger partial charge on any atom is -0.481 e. The zero-order valence-corrected chi connectivity index (χ0v) is 10.2. The lowest BCUT2D eigenvalue weighted by Gasteiger charge is -2.27. The van der Waals surface area contributed by atoms with E-state index in [1.165, 1.54) is 0 Å². The third-order valence-corrected chi connectivity index (χ3v) is 3.33. The number of nitrogens with one attached hydrogen (secondary N) is 1. The molecule has 2 unspecified atom stereocenters. The lowest BCUT2D eigenvalue weighted by Crippen LogP contribution is -2.39. The lowest BCUT2D eigenvalue weighted by atomic mass is 9.87. The van der Waals surface area contributed by atoms with Gasteiger partial charge in [-0.15, -0.1) is 0 Å². The first-order valence-corrected chi connectivity index (χ1v) is 6.04. The van der Waals surface area contributed by atoms with Crippen LogP contribution in [-0.2, 0) is 4.79 Å². The van der Waals surface area contributed by atoms with Crippen molar-refractivity contribution in [1.82, 2.24) is 5.32 Å². The fourth-order valence-corrected chi connectivity index (χ4v) is 2.11. The molecular weight excluding hydrogens is 206 g/mol. The third-order valence-electron chi connectivity index (χ3n) is 3.33. The highest BCUT2D eigenvalue weighted by Gasteiger charge is 2.27. The molecule has 0 aromatic carbocycles. The maximum atomic E-state index is 10.9. The second-order valence-corrected chi connectivity index (χ2v) is 5.51. The van der Waals surface area contributed by atoms with Crippen molar-refractivity contribution >= 4 is 5.97 Å². The molecule has 0 bridgehead atoms. The van der Waals surface area contributed by atoms with Gasteiger partial charge in [0, 0.05) is 6.54 Å². The van der Waals surface area contributed by atoms with Crippen LogP contribution in [0.1, 0.15) is 39.5 Å². The number of rotatable bonds is 5. The molecule has 0 saturated heterocycles. The van der Waals surface area contributed by atoms with E-state index in [1.54, 1.807) is 13.8 Å². The average molecular weight is 229 g/mol. The summed E-state index contributed by atoms with van der Waals surface area (Å²) in [5, 5.41) is 21.7. The van der Waals surface area contributed by atoms with Crippen LogP contribution >= 0.6 is 0 Å². The summed E-state index contributed by atoms with van der Waals surface area (Å²) in [4.78, 5) is 10.9. The first kappa shape index (κ1) is 13.5. The van der Waals surface area contributed by atoms with Gasteiger partial charge in [-0.05, 0) is 45.6 Å². The second-order valence-electron chi connectivity index (χ2n) is 5.51. The van der Waals surface area contributed by atoms with Crippen LogP contribution in [0, 0.1) is 11.3 Å². The molecule has 3 N–H and O–H groups in total. The molecule has 4 heteroatoms. The molecule has 2 atom stereocenters. The Bertz CT molecular complexity index is 240. The van der Waals surface area contributed by atoms with Gasteiger partial charge in [0.2, 0.25) is 0 Å². The molecule has 1 aliphatic carbocycles. The second kappa shape index (κ2) is 5.64. The van der Waals surface area contributed by atoms with Gasteiger partial charge in [0.25, 0.3) is 0 Å².